The van der Waals surface area contributed by atoms with E-state index in [-0.39, 0.29) is 21.7 Å². The van der Waals surface area contributed by atoms with Gasteiger partial charge in [0.15, 0.2) is 0 Å². The molecule has 0 aliphatic rings. The first-order chi connectivity index (χ1) is 13.8. The van der Waals surface area contributed by atoms with Gasteiger partial charge in [-0.1, -0.05) is 126 Å². The van der Waals surface area contributed by atoms with Crippen molar-refractivity contribution in [3.8, 4) is 0 Å². The predicted octanol–water partition coefficient (Wildman–Crippen LogP) is 9.22. The van der Waals surface area contributed by atoms with E-state index in [1.165, 1.54) is 33.4 Å². The van der Waals surface area contributed by atoms with Crippen molar-refractivity contribution in [3.05, 3.63) is 69.8 Å². The lowest BCUT2D eigenvalue weighted by Gasteiger charge is -2.32. The van der Waals surface area contributed by atoms with Gasteiger partial charge in [-0.2, -0.15) is 0 Å². The van der Waals surface area contributed by atoms with Crippen molar-refractivity contribution in [1.82, 2.24) is 0 Å². The fraction of sp³-hybridized carbons (Fsp3) is 0.613. The van der Waals surface area contributed by atoms with Crippen molar-refractivity contribution in [2.24, 2.45) is 0 Å². The van der Waals surface area contributed by atoms with Crippen molar-refractivity contribution in [2.45, 2.75) is 124 Å². The average Bonchev–Trinajstić information content (AvgIpc) is 2.58. The minimum absolute atomic E-state index is 0.136. The zero-order chi connectivity index (χ0) is 24.0. The van der Waals surface area contributed by atoms with Crippen LogP contribution in [0.5, 0.6) is 0 Å². The van der Waals surface area contributed by atoms with Crippen LogP contribution in [0.15, 0.2) is 36.4 Å². The van der Waals surface area contributed by atoms with Gasteiger partial charge < -0.3 is 0 Å². The molecule has 0 aromatic heterocycles. The van der Waals surface area contributed by atoms with Gasteiger partial charge in [-0.15, -0.1) is 0 Å². The Balaban J connectivity index is 2.49. The number of hydrogen-bond acceptors (Lipinski definition) is 0. The molecule has 0 saturated carbocycles. The maximum absolute atomic E-state index is 2.48. The van der Waals surface area contributed by atoms with E-state index in [9.17, 15) is 0 Å². The summed E-state index contributed by atoms with van der Waals surface area (Å²) >= 11 is 0. The Kier molecular flexibility index (Phi) is 6.98. The summed E-state index contributed by atoms with van der Waals surface area (Å²) in [6.07, 6.45) is 1.07. The Bertz CT molecular complexity index is 899. The topological polar surface area (TPSA) is 0 Å². The van der Waals surface area contributed by atoms with Gasteiger partial charge in [0, 0.05) is 0 Å². The zero-order valence-corrected chi connectivity index (χ0v) is 22.7. The van der Waals surface area contributed by atoms with Gasteiger partial charge in [-0.3, -0.25) is 0 Å². The average molecular weight is 421 g/mol. The van der Waals surface area contributed by atoms with Crippen LogP contribution in [0.1, 0.15) is 129 Å². The zero-order valence-electron chi connectivity index (χ0n) is 22.7. The van der Waals surface area contributed by atoms with Gasteiger partial charge >= 0.3 is 0 Å². The maximum Gasteiger partial charge on any atom is -0.0129 e. The molecule has 1 atom stereocenters. The SMILES string of the molecule is CC(Cc1ccc(C(C)(C)C)c(C(C)(C)C)c1)c1ccc(C(C)(C)C)cc1C(C)(C)C. The molecular formula is C31H48. The molecule has 2 aromatic carbocycles. The lowest BCUT2D eigenvalue weighted by Crippen LogP contribution is -2.22. The minimum atomic E-state index is 0.136. The molecule has 2 rings (SSSR count). The Hall–Kier alpha value is -1.56. The smallest absolute Gasteiger partial charge is 0.0129 e. The molecule has 0 amide bonds. The maximum atomic E-state index is 2.48. The van der Waals surface area contributed by atoms with Crippen LogP contribution in [-0.4, -0.2) is 0 Å². The summed E-state index contributed by atoms with van der Waals surface area (Å²) in [5.74, 6) is 0.483. The number of benzene rings is 2. The Morgan fingerprint density at radius 1 is 0.548 bits per heavy atom. The summed E-state index contributed by atoms with van der Waals surface area (Å²) in [5.41, 5.74) is 9.45. The second kappa shape index (κ2) is 8.42. The lowest BCUT2D eigenvalue weighted by molar-refractivity contribution is 0.528. The van der Waals surface area contributed by atoms with E-state index in [4.69, 9.17) is 0 Å². The van der Waals surface area contributed by atoms with Crippen LogP contribution < -0.4 is 0 Å². The Morgan fingerprint density at radius 3 is 1.52 bits per heavy atom. The number of hydrogen-bond donors (Lipinski definition) is 0. The van der Waals surface area contributed by atoms with Gasteiger partial charge in [0.05, 0.1) is 0 Å². The third-order valence-corrected chi connectivity index (χ3v) is 6.50. The van der Waals surface area contributed by atoms with Crippen LogP contribution in [0.25, 0.3) is 0 Å². The van der Waals surface area contributed by atoms with Gasteiger partial charge in [0.2, 0.25) is 0 Å². The largest absolute Gasteiger partial charge is 0.0587 e. The minimum Gasteiger partial charge on any atom is -0.0587 e. The highest BCUT2D eigenvalue weighted by atomic mass is 14.3. The second-order valence-corrected chi connectivity index (χ2v) is 13.8. The molecule has 0 heterocycles. The Morgan fingerprint density at radius 2 is 1.06 bits per heavy atom. The number of rotatable bonds is 3. The van der Waals surface area contributed by atoms with E-state index >= 15 is 0 Å². The molecule has 0 spiro atoms. The summed E-state index contributed by atoms with van der Waals surface area (Å²) < 4.78 is 0. The van der Waals surface area contributed by atoms with Crippen LogP contribution in [0.3, 0.4) is 0 Å². The molecule has 0 aliphatic heterocycles. The first-order valence-electron chi connectivity index (χ1n) is 12.1. The van der Waals surface area contributed by atoms with E-state index in [0.29, 0.717) is 5.92 Å². The van der Waals surface area contributed by atoms with Crippen LogP contribution >= 0.6 is 0 Å². The Labute approximate surface area is 193 Å². The van der Waals surface area contributed by atoms with E-state index in [2.05, 4.69) is 126 Å². The van der Waals surface area contributed by atoms with Crippen molar-refractivity contribution >= 4 is 0 Å². The van der Waals surface area contributed by atoms with Gasteiger partial charge in [-0.05, 0) is 67.4 Å². The highest BCUT2D eigenvalue weighted by Crippen LogP contribution is 2.38. The summed E-state index contributed by atoms with van der Waals surface area (Å²) in [6, 6.07) is 14.5. The first kappa shape index (κ1) is 25.7. The molecule has 0 nitrogen and oxygen atoms in total. The lowest BCUT2D eigenvalue weighted by atomic mass is 9.73. The molecule has 31 heavy (non-hydrogen) atoms. The van der Waals surface area contributed by atoms with Crippen molar-refractivity contribution < 1.29 is 0 Å². The quantitative estimate of drug-likeness (QED) is 0.464. The fourth-order valence-corrected chi connectivity index (χ4v) is 4.56. The fourth-order valence-electron chi connectivity index (χ4n) is 4.56. The molecule has 1 unspecified atom stereocenters. The summed E-state index contributed by atoms with van der Waals surface area (Å²) in [7, 11) is 0. The van der Waals surface area contributed by atoms with Gasteiger partial charge in [0.1, 0.15) is 0 Å². The summed E-state index contributed by atoms with van der Waals surface area (Å²) in [4.78, 5) is 0. The molecule has 0 heteroatoms. The van der Waals surface area contributed by atoms with Gasteiger partial charge in [-0.25, -0.2) is 0 Å². The molecule has 0 radical (unpaired) electrons. The van der Waals surface area contributed by atoms with E-state index in [0.717, 1.165) is 6.42 Å². The third kappa shape index (κ3) is 6.24. The standard InChI is InChI=1S/C31H48/c1-21(24-16-15-23(28(2,3)4)20-26(24)30(8,9)10)18-22-14-17-25(29(5,6)7)27(19-22)31(11,12)13/h14-17,19-21H,18H2,1-13H3. The van der Waals surface area contributed by atoms with E-state index < -0.39 is 0 Å². The summed E-state index contributed by atoms with van der Waals surface area (Å²) in [6.45, 7) is 30.4. The van der Waals surface area contributed by atoms with Gasteiger partial charge in [0.25, 0.3) is 0 Å². The van der Waals surface area contributed by atoms with Crippen LogP contribution in [-0.2, 0) is 28.1 Å². The van der Waals surface area contributed by atoms with Crippen molar-refractivity contribution in [3.63, 3.8) is 0 Å². The molecule has 172 valence electrons. The van der Waals surface area contributed by atoms with Crippen molar-refractivity contribution in [1.29, 1.82) is 0 Å². The molecule has 0 fully saturated rings. The predicted molar refractivity (Wildman–Crippen MR) is 140 cm³/mol. The normalized spacial score (nSPS) is 14.6. The second-order valence-electron chi connectivity index (χ2n) is 13.8. The first-order valence-corrected chi connectivity index (χ1v) is 12.1. The van der Waals surface area contributed by atoms with Crippen LogP contribution in [0, 0.1) is 0 Å². The molecule has 0 bridgehead atoms. The van der Waals surface area contributed by atoms with E-state index in [1.54, 1.807) is 0 Å². The highest BCUT2D eigenvalue weighted by Gasteiger charge is 2.27. The van der Waals surface area contributed by atoms with Crippen molar-refractivity contribution in [2.75, 3.05) is 0 Å². The molecule has 0 N–H and O–H groups in total. The van der Waals surface area contributed by atoms with Crippen LogP contribution in [0.4, 0.5) is 0 Å². The molecule has 0 aliphatic carbocycles. The van der Waals surface area contributed by atoms with E-state index in [1.807, 2.05) is 0 Å². The monoisotopic (exact) mass is 420 g/mol. The van der Waals surface area contributed by atoms with Crippen LogP contribution in [0.2, 0.25) is 0 Å². The highest BCUT2D eigenvalue weighted by molar-refractivity contribution is 5.44. The summed E-state index contributed by atoms with van der Waals surface area (Å²) in [5, 5.41) is 0. The molecular weight excluding hydrogens is 372 g/mol. The molecule has 0 saturated heterocycles. The third-order valence-electron chi connectivity index (χ3n) is 6.50. The molecule has 2 aromatic rings.